The summed E-state index contributed by atoms with van der Waals surface area (Å²) in [5, 5.41) is 9.59. The highest BCUT2D eigenvalue weighted by molar-refractivity contribution is 5.84. The smallest absolute Gasteiger partial charge is 0.308 e. The molecule has 1 saturated heterocycles. The van der Waals surface area contributed by atoms with Crippen LogP contribution in [0.2, 0.25) is 0 Å². The van der Waals surface area contributed by atoms with Gasteiger partial charge in [-0.05, 0) is 11.1 Å². The van der Waals surface area contributed by atoms with Crippen LogP contribution in [0.15, 0.2) is 60.7 Å². The molecule has 3 rings (SSSR count). The molecule has 0 radical (unpaired) electrons. The van der Waals surface area contributed by atoms with Crippen molar-refractivity contribution in [2.45, 2.75) is 12.0 Å². The molecule has 5 heteroatoms. The van der Waals surface area contributed by atoms with Crippen LogP contribution in [0.3, 0.4) is 0 Å². The first-order valence-corrected chi connectivity index (χ1v) is 8.26. The van der Waals surface area contributed by atoms with Crippen molar-refractivity contribution in [1.82, 2.24) is 4.90 Å². The van der Waals surface area contributed by atoms with Crippen molar-refractivity contribution < 1.29 is 19.4 Å². The van der Waals surface area contributed by atoms with Crippen LogP contribution in [-0.2, 0) is 14.3 Å². The summed E-state index contributed by atoms with van der Waals surface area (Å²) in [5.74, 6) is -1.90. The average molecular weight is 339 g/mol. The van der Waals surface area contributed by atoms with E-state index < -0.39 is 18.0 Å². The molecular weight excluding hydrogens is 318 g/mol. The van der Waals surface area contributed by atoms with Crippen molar-refractivity contribution in [1.29, 1.82) is 0 Å². The molecule has 3 atom stereocenters. The highest BCUT2D eigenvalue weighted by atomic mass is 16.5. The lowest BCUT2D eigenvalue weighted by Crippen LogP contribution is -2.35. The SMILES string of the molecule is COC(C(=O)N1CC(C(=O)O)C(c2ccccc2)C1)c1ccccc1. The maximum absolute atomic E-state index is 12.9. The van der Waals surface area contributed by atoms with Crippen molar-refractivity contribution in [3.63, 3.8) is 0 Å². The molecular formula is C20H21NO4. The molecule has 5 nitrogen and oxygen atoms in total. The molecule has 0 bridgehead atoms. The fourth-order valence-electron chi connectivity index (χ4n) is 3.45. The summed E-state index contributed by atoms with van der Waals surface area (Å²) in [6.07, 6.45) is -0.717. The van der Waals surface area contributed by atoms with Gasteiger partial charge in [0.15, 0.2) is 6.10 Å². The number of hydrogen-bond donors (Lipinski definition) is 1. The fourth-order valence-corrected chi connectivity index (χ4v) is 3.45. The second-order valence-electron chi connectivity index (χ2n) is 6.23. The standard InChI is InChI=1S/C20H21NO4/c1-25-18(15-10-6-3-7-11-15)19(22)21-12-16(17(13-21)20(23)24)14-8-4-2-5-9-14/h2-11,16-18H,12-13H2,1H3,(H,23,24). The van der Waals surface area contributed by atoms with Crippen LogP contribution >= 0.6 is 0 Å². The van der Waals surface area contributed by atoms with E-state index in [9.17, 15) is 14.7 Å². The molecule has 2 aromatic rings. The maximum atomic E-state index is 12.9. The van der Waals surface area contributed by atoms with Crippen LogP contribution in [0, 0.1) is 5.92 Å². The second-order valence-corrected chi connectivity index (χ2v) is 6.23. The number of methoxy groups -OCH3 is 1. The zero-order valence-electron chi connectivity index (χ0n) is 14.0. The number of carboxylic acid groups (broad SMARTS) is 1. The predicted molar refractivity (Wildman–Crippen MR) is 93.1 cm³/mol. The molecule has 0 spiro atoms. The lowest BCUT2D eigenvalue weighted by atomic mass is 9.89. The van der Waals surface area contributed by atoms with Gasteiger partial charge in [0.25, 0.3) is 5.91 Å². The van der Waals surface area contributed by atoms with Crippen LogP contribution in [0.25, 0.3) is 0 Å². The Balaban J connectivity index is 1.83. The second kappa shape index (κ2) is 7.49. The average Bonchev–Trinajstić information content (AvgIpc) is 3.10. The molecule has 25 heavy (non-hydrogen) atoms. The molecule has 1 amide bonds. The number of carboxylic acids is 1. The molecule has 130 valence electrons. The Hall–Kier alpha value is -2.66. The van der Waals surface area contributed by atoms with E-state index in [0.29, 0.717) is 6.54 Å². The van der Waals surface area contributed by atoms with Crippen molar-refractivity contribution in [3.8, 4) is 0 Å². The number of carbonyl (C=O) groups excluding carboxylic acids is 1. The first kappa shape index (κ1) is 17.2. The summed E-state index contributed by atoms with van der Waals surface area (Å²) in [5.41, 5.74) is 1.71. The van der Waals surface area contributed by atoms with Crippen LogP contribution in [0.4, 0.5) is 0 Å². The molecule has 1 aliphatic rings. The van der Waals surface area contributed by atoms with E-state index in [1.165, 1.54) is 7.11 Å². The molecule has 3 unspecified atom stereocenters. The normalized spacial score (nSPS) is 21.1. The van der Waals surface area contributed by atoms with Gasteiger partial charge in [0.05, 0.1) is 5.92 Å². The molecule has 1 N–H and O–H groups in total. The molecule has 0 aromatic heterocycles. The summed E-state index contributed by atoms with van der Waals surface area (Å²) in [4.78, 5) is 26.2. The van der Waals surface area contributed by atoms with Gasteiger partial charge in [0, 0.05) is 26.1 Å². The van der Waals surface area contributed by atoms with E-state index in [1.807, 2.05) is 60.7 Å². The van der Waals surface area contributed by atoms with E-state index in [2.05, 4.69) is 0 Å². The quantitative estimate of drug-likeness (QED) is 0.909. The lowest BCUT2D eigenvalue weighted by molar-refractivity contribution is -0.143. The van der Waals surface area contributed by atoms with Crippen LogP contribution in [0.1, 0.15) is 23.1 Å². The van der Waals surface area contributed by atoms with Crippen molar-refractivity contribution in [2.75, 3.05) is 20.2 Å². The van der Waals surface area contributed by atoms with Gasteiger partial charge in [-0.2, -0.15) is 0 Å². The summed E-state index contributed by atoms with van der Waals surface area (Å²) >= 11 is 0. The minimum absolute atomic E-state index is 0.195. The first-order valence-electron chi connectivity index (χ1n) is 8.26. The minimum Gasteiger partial charge on any atom is -0.481 e. The zero-order valence-corrected chi connectivity index (χ0v) is 14.0. The lowest BCUT2D eigenvalue weighted by Gasteiger charge is -2.23. The fraction of sp³-hybridized carbons (Fsp3) is 0.300. The predicted octanol–water partition coefficient (Wildman–Crippen LogP) is 2.70. The number of amides is 1. The van der Waals surface area contributed by atoms with Gasteiger partial charge in [-0.15, -0.1) is 0 Å². The highest BCUT2D eigenvalue weighted by Gasteiger charge is 2.42. The summed E-state index contributed by atoms with van der Waals surface area (Å²) < 4.78 is 5.41. The molecule has 1 aliphatic heterocycles. The molecule has 0 saturated carbocycles. The van der Waals surface area contributed by atoms with Crippen molar-refractivity contribution in [2.24, 2.45) is 5.92 Å². The number of carbonyl (C=O) groups is 2. The summed E-state index contributed by atoms with van der Waals surface area (Å²) in [7, 11) is 1.50. The molecule has 1 fully saturated rings. The van der Waals surface area contributed by atoms with Gasteiger partial charge in [-0.3, -0.25) is 9.59 Å². The van der Waals surface area contributed by atoms with E-state index in [0.717, 1.165) is 11.1 Å². The Labute approximate surface area is 146 Å². The highest BCUT2D eigenvalue weighted by Crippen LogP contribution is 2.34. The summed E-state index contributed by atoms with van der Waals surface area (Å²) in [6, 6.07) is 18.8. The van der Waals surface area contributed by atoms with Gasteiger partial charge in [-0.1, -0.05) is 60.7 Å². The third kappa shape index (κ3) is 3.56. The zero-order chi connectivity index (χ0) is 17.8. The number of ether oxygens (including phenoxy) is 1. The minimum atomic E-state index is -0.877. The third-order valence-corrected chi connectivity index (χ3v) is 4.74. The maximum Gasteiger partial charge on any atom is 0.308 e. The number of nitrogens with zero attached hydrogens (tertiary/aromatic N) is 1. The Bertz CT molecular complexity index is 732. The Morgan fingerprint density at radius 3 is 2.20 bits per heavy atom. The molecule has 2 aromatic carbocycles. The molecule has 1 heterocycles. The largest absolute Gasteiger partial charge is 0.481 e. The first-order chi connectivity index (χ1) is 12.1. The topological polar surface area (TPSA) is 66.8 Å². The number of hydrogen-bond acceptors (Lipinski definition) is 3. The van der Waals surface area contributed by atoms with Crippen molar-refractivity contribution in [3.05, 3.63) is 71.8 Å². The van der Waals surface area contributed by atoms with Crippen LogP contribution < -0.4 is 0 Å². The van der Waals surface area contributed by atoms with Gasteiger partial charge < -0.3 is 14.7 Å². The Morgan fingerprint density at radius 2 is 1.64 bits per heavy atom. The third-order valence-electron chi connectivity index (χ3n) is 4.74. The van der Waals surface area contributed by atoms with Crippen molar-refractivity contribution >= 4 is 11.9 Å². The Morgan fingerprint density at radius 1 is 1.04 bits per heavy atom. The van der Waals surface area contributed by atoms with Crippen LogP contribution in [-0.4, -0.2) is 42.1 Å². The summed E-state index contributed by atoms with van der Waals surface area (Å²) in [6.45, 7) is 0.576. The number of likely N-dealkylation sites (tertiary alicyclic amines) is 1. The molecule has 0 aliphatic carbocycles. The number of rotatable bonds is 5. The van der Waals surface area contributed by atoms with Gasteiger partial charge in [0.1, 0.15) is 0 Å². The van der Waals surface area contributed by atoms with Gasteiger partial charge in [0.2, 0.25) is 0 Å². The van der Waals surface area contributed by atoms with Gasteiger partial charge in [-0.25, -0.2) is 0 Å². The number of benzene rings is 2. The van der Waals surface area contributed by atoms with E-state index in [1.54, 1.807) is 4.90 Å². The van der Waals surface area contributed by atoms with Crippen LogP contribution in [0.5, 0.6) is 0 Å². The van der Waals surface area contributed by atoms with E-state index in [4.69, 9.17) is 4.74 Å². The van der Waals surface area contributed by atoms with E-state index >= 15 is 0 Å². The Kier molecular flexibility index (Phi) is 5.14. The van der Waals surface area contributed by atoms with Gasteiger partial charge >= 0.3 is 5.97 Å². The monoisotopic (exact) mass is 339 g/mol. The number of aliphatic carboxylic acids is 1. The van der Waals surface area contributed by atoms with E-state index in [-0.39, 0.29) is 18.4 Å².